The van der Waals surface area contributed by atoms with Crippen molar-refractivity contribution in [2.45, 2.75) is 19.9 Å². The van der Waals surface area contributed by atoms with Crippen LogP contribution in [0.15, 0.2) is 33.6 Å². The highest BCUT2D eigenvalue weighted by Crippen LogP contribution is 2.26. The maximum absolute atomic E-state index is 12.9. The second kappa shape index (κ2) is 7.18. The highest BCUT2D eigenvalue weighted by atomic mass is 16.5. The molecule has 2 aromatic heterocycles. The molecule has 1 aromatic carbocycles. The average molecular weight is 394 g/mol. The van der Waals surface area contributed by atoms with E-state index in [0.717, 1.165) is 86.2 Å². The summed E-state index contributed by atoms with van der Waals surface area (Å²) in [6.45, 7) is 8.12. The normalized spacial score (nSPS) is 17.3. The lowest BCUT2D eigenvalue weighted by atomic mass is 10.1. The summed E-state index contributed by atoms with van der Waals surface area (Å²) in [5.41, 5.74) is 2.68. The van der Waals surface area contributed by atoms with Crippen LogP contribution < -0.4 is 15.4 Å². The van der Waals surface area contributed by atoms with Gasteiger partial charge in [0.15, 0.2) is 11.4 Å². The van der Waals surface area contributed by atoms with Crippen molar-refractivity contribution in [3.8, 4) is 0 Å². The highest BCUT2D eigenvalue weighted by molar-refractivity contribution is 5.88. The van der Waals surface area contributed by atoms with Gasteiger partial charge in [-0.15, -0.1) is 0 Å². The van der Waals surface area contributed by atoms with Crippen molar-refractivity contribution in [2.24, 2.45) is 0 Å². The Morgan fingerprint density at radius 3 is 2.69 bits per heavy atom. The monoisotopic (exact) mass is 394 g/mol. The molecule has 0 bridgehead atoms. The van der Waals surface area contributed by atoms with Gasteiger partial charge < -0.3 is 14.3 Å². The van der Waals surface area contributed by atoms with Crippen molar-refractivity contribution in [2.75, 3.05) is 56.1 Å². The maximum Gasteiger partial charge on any atom is 0.258 e. The molecule has 1 saturated heterocycles. The summed E-state index contributed by atoms with van der Waals surface area (Å²) in [5, 5.41) is 5.34. The molecule has 0 radical (unpaired) electrons. The minimum atomic E-state index is 0.129. The summed E-state index contributed by atoms with van der Waals surface area (Å²) < 4.78 is 7.27. The van der Waals surface area contributed by atoms with E-state index in [2.05, 4.69) is 26.0 Å². The van der Waals surface area contributed by atoms with Crippen LogP contribution in [-0.4, -0.2) is 65.9 Å². The SMILES string of the molecule is Cc1nc2n(c(=O)c1CCN1CCN(c3noc4ccccc34)CC1)CCN2C. The van der Waals surface area contributed by atoms with Gasteiger partial charge in [-0.25, -0.2) is 4.98 Å². The first-order valence-corrected chi connectivity index (χ1v) is 10.2. The second-order valence-corrected chi connectivity index (χ2v) is 7.94. The summed E-state index contributed by atoms with van der Waals surface area (Å²) in [5.74, 6) is 1.73. The maximum atomic E-state index is 12.9. The Bertz CT molecular complexity index is 1100. The van der Waals surface area contributed by atoms with Crippen molar-refractivity contribution >= 4 is 22.7 Å². The van der Waals surface area contributed by atoms with Gasteiger partial charge in [0.25, 0.3) is 5.56 Å². The number of piperazine rings is 1. The number of aryl methyl sites for hydroxylation is 1. The number of anilines is 2. The molecular formula is C21H26N6O2. The molecule has 0 atom stereocenters. The van der Waals surface area contributed by atoms with Crippen LogP contribution in [0.1, 0.15) is 11.3 Å². The van der Waals surface area contributed by atoms with Gasteiger partial charge in [-0.1, -0.05) is 17.3 Å². The van der Waals surface area contributed by atoms with Crippen LogP contribution in [0, 0.1) is 6.92 Å². The van der Waals surface area contributed by atoms with E-state index in [9.17, 15) is 4.79 Å². The number of para-hydroxylation sites is 1. The van der Waals surface area contributed by atoms with E-state index in [0.29, 0.717) is 0 Å². The molecule has 0 aliphatic carbocycles. The van der Waals surface area contributed by atoms with Crippen molar-refractivity contribution in [1.82, 2.24) is 19.6 Å². The van der Waals surface area contributed by atoms with Crippen LogP contribution in [-0.2, 0) is 13.0 Å². The van der Waals surface area contributed by atoms with Crippen LogP contribution >= 0.6 is 0 Å². The van der Waals surface area contributed by atoms with Gasteiger partial charge in [-0.05, 0) is 25.5 Å². The lowest BCUT2D eigenvalue weighted by Gasteiger charge is -2.34. The van der Waals surface area contributed by atoms with Crippen molar-refractivity contribution in [3.63, 3.8) is 0 Å². The zero-order valence-electron chi connectivity index (χ0n) is 17.0. The number of hydrogen-bond acceptors (Lipinski definition) is 7. The Kier molecular flexibility index (Phi) is 4.50. The molecule has 0 amide bonds. The average Bonchev–Trinajstić information content (AvgIpc) is 3.32. The molecule has 4 heterocycles. The van der Waals surface area contributed by atoms with Gasteiger partial charge in [0.05, 0.1) is 5.39 Å². The predicted octanol–water partition coefficient (Wildman–Crippen LogP) is 1.51. The highest BCUT2D eigenvalue weighted by Gasteiger charge is 2.24. The Balaban J connectivity index is 1.24. The Hall–Kier alpha value is -2.87. The van der Waals surface area contributed by atoms with Crippen LogP contribution in [0.4, 0.5) is 11.8 Å². The summed E-state index contributed by atoms with van der Waals surface area (Å²) in [6, 6.07) is 7.99. The largest absolute Gasteiger partial charge is 0.354 e. The molecular weight excluding hydrogens is 368 g/mol. The zero-order chi connectivity index (χ0) is 20.0. The molecule has 8 heteroatoms. The fourth-order valence-corrected chi connectivity index (χ4v) is 4.37. The summed E-state index contributed by atoms with van der Waals surface area (Å²) in [4.78, 5) is 24.3. The first-order chi connectivity index (χ1) is 14.1. The number of likely N-dealkylation sites (N-methyl/N-ethyl adjacent to an activating group) is 1. The molecule has 2 aliphatic rings. The molecule has 152 valence electrons. The van der Waals surface area contributed by atoms with Crippen LogP contribution in [0.3, 0.4) is 0 Å². The molecule has 29 heavy (non-hydrogen) atoms. The minimum Gasteiger partial charge on any atom is -0.354 e. The van der Waals surface area contributed by atoms with E-state index in [1.54, 1.807) is 0 Å². The lowest BCUT2D eigenvalue weighted by molar-refractivity contribution is 0.259. The third-order valence-electron chi connectivity index (χ3n) is 6.16. The number of aromatic nitrogens is 3. The number of nitrogens with zero attached hydrogens (tertiary/aromatic N) is 6. The van der Waals surface area contributed by atoms with Crippen LogP contribution in [0.2, 0.25) is 0 Å². The van der Waals surface area contributed by atoms with Gasteiger partial charge in [-0.2, -0.15) is 0 Å². The fourth-order valence-electron chi connectivity index (χ4n) is 4.37. The number of benzene rings is 1. The molecule has 0 unspecified atom stereocenters. The first kappa shape index (κ1) is 18.2. The van der Waals surface area contributed by atoms with Gasteiger partial charge in [-0.3, -0.25) is 14.3 Å². The third kappa shape index (κ3) is 3.17. The number of rotatable bonds is 4. The lowest BCUT2D eigenvalue weighted by Crippen LogP contribution is -2.47. The smallest absolute Gasteiger partial charge is 0.258 e. The topological polar surface area (TPSA) is 70.6 Å². The first-order valence-electron chi connectivity index (χ1n) is 10.2. The van der Waals surface area contributed by atoms with E-state index in [1.807, 2.05) is 41.6 Å². The quantitative estimate of drug-likeness (QED) is 0.664. The van der Waals surface area contributed by atoms with Crippen molar-refractivity contribution < 1.29 is 4.52 Å². The van der Waals surface area contributed by atoms with Crippen LogP contribution in [0.5, 0.6) is 0 Å². The molecule has 0 saturated carbocycles. The third-order valence-corrected chi connectivity index (χ3v) is 6.16. The fraction of sp³-hybridized carbons (Fsp3) is 0.476. The number of fused-ring (bicyclic) bond motifs is 2. The molecule has 3 aromatic rings. The summed E-state index contributed by atoms with van der Waals surface area (Å²) >= 11 is 0. The zero-order valence-corrected chi connectivity index (χ0v) is 17.0. The van der Waals surface area contributed by atoms with E-state index in [4.69, 9.17) is 4.52 Å². The van der Waals surface area contributed by atoms with Crippen LogP contribution in [0.25, 0.3) is 11.0 Å². The second-order valence-electron chi connectivity index (χ2n) is 7.94. The standard InChI is InChI=1S/C21H26N6O2/c1-15-16(20(28)27-14-9-24(2)21(27)22-15)7-8-25-10-12-26(13-11-25)19-17-5-3-4-6-18(17)29-23-19/h3-6H,7-14H2,1-2H3. The van der Waals surface area contributed by atoms with Crippen molar-refractivity contribution in [1.29, 1.82) is 0 Å². The van der Waals surface area contributed by atoms with E-state index in [1.165, 1.54) is 0 Å². The predicted molar refractivity (Wildman–Crippen MR) is 113 cm³/mol. The Morgan fingerprint density at radius 2 is 1.86 bits per heavy atom. The number of hydrogen-bond donors (Lipinski definition) is 0. The molecule has 0 spiro atoms. The Labute approximate surface area is 169 Å². The Morgan fingerprint density at radius 1 is 1.07 bits per heavy atom. The molecule has 1 fully saturated rings. The summed E-state index contributed by atoms with van der Waals surface area (Å²) in [7, 11) is 1.99. The molecule has 5 rings (SSSR count). The van der Waals surface area contributed by atoms with Gasteiger partial charge in [0.2, 0.25) is 5.95 Å². The molecule has 2 aliphatic heterocycles. The van der Waals surface area contributed by atoms with Crippen molar-refractivity contribution in [3.05, 3.63) is 45.9 Å². The van der Waals surface area contributed by atoms with Gasteiger partial charge >= 0.3 is 0 Å². The molecule has 0 N–H and O–H groups in total. The van der Waals surface area contributed by atoms with Gasteiger partial charge in [0, 0.05) is 64.1 Å². The van der Waals surface area contributed by atoms with E-state index in [-0.39, 0.29) is 5.56 Å². The van der Waals surface area contributed by atoms with E-state index < -0.39 is 0 Å². The molecule has 8 nitrogen and oxygen atoms in total. The van der Waals surface area contributed by atoms with E-state index >= 15 is 0 Å². The summed E-state index contributed by atoms with van der Waals surface area (Å²) in [6.07, 6.45) is 0.745. The van der Waals surface area contributed by atoms with Gasteiger partial charge in [0.1, 0.15) is 0 Å². The minimum absolute atomic E-state index is 0.129.